The number of hydrazine groups is 1. The molecule has 0 aliphatic rings. The van der Waals surface area contributed by atoms with Gasteiger partial charge in [0.1, 0.15) is 18.5 Å². The third-order valence-corrected chi connectivity index (χ3v) is 4.35. The highest BCUT2D eigenvalue weighted by atomic mass is 19.1. The predicted molar refractivity (Wildman–Crippen MR) is 99.9 cm³/mol. The smallest absolute Gasteiger partial charge is 0.320 e. The van der Waals surface area contributed by atoms with Gasteiger partial charge < -0.3 is 4.90 Å². The Labute approximate surface area is 161 Å². The van der Waals surface area contributed by atoms with Gasteiger partial charge in [-0.1, -0.05) is 12.1 Å². The first-order valence-corrected chi connectivity index (χ1v) is 8.49. The van der Waals surface area contributed by atoms with Crippen molar-refractivity contribution in [2.75, 3.05) is 7.05 Å². The molecule has 0 radical (unpaired) electrons. The van der Waals surface area contributed by atoms with Crippen LogP contribution >= 0.6 is 0 Å². The quantitative estimate of drug-likeness (QED) is 0.678. The second-order valence-electron chi connectivity index (χ2n) is 6.11. The molecule has 1 heterocycles. The van der Waals surface area contributed by atoms with Crippen molar-refractivity contribution in [1.29, 1.82) is 0 Å². The maximum absolute atomic E-state index is 12.9. The van der Waals surface area contributed by atoms with Crippen molar-refractivity contribution in [2.24, 2.45) is 0 Å². The summed E-state index contributed by atoms with van der Waals surface area (Å²) in [6.45, 7) is 1.87. The molecule has 1 unspecified atom stereocenters. The number of urea groups is 1. The van der Waals surface area contributed by atoms with Crippen LogP contribution in [0, 0.1) is 5.82 Å². The number of nitrogens with zero attached hydrogens (tertiary/aromatic N) is 4. The van der Waals surface area contributed by atoms with Crippen LogP contribution in [0.4, 0.5) is 9.18 Å². The van der Waals surface area contributed by atoms with Gasteiger partial charge in [0.2, 0.25) is 0 Å². The SMILES string of the molecule is CC(c1ccc(-n2cncn2)cc1)N(C)C(=O)NNC(=O)c1ccc(F)cc1. The van der Waals surface area contributed by atoms with Gasteiger partial charge >= 0.3 is 6.03 Å². The number of carbonyl (C=O) groups excluding carboxylic acids is 2. The van der Waals surface area contributed by atoms with Crippen LogP contribution in [-0.2, 0) is 0 Å². The Balaban J connectivity index is 1.57. The van der Waals surface area contributed by atoms with Gasteiger partial charge in [-0.05, 0) is 48.9 Å². The van der Waals surface area contributed by atoms with E-state index in [2.05, 4.69) is 20.9 Å². The molecule has 0 bridgehead atoms. The summed E-state index contributed by atoms with van der Waals surface area (Å²) in [7, 11) is 1.62. The molecule has 0 aliphatic heterocycles. The van der Waals surface area contributed by atoms with Crippen molar-refractivity contribution in [2.45, 2.75) is 13.0 Å². The molecule has 28 heavy (non-hydrogen) atoms. The zero-order valence-electron chi connectivity index (χ0n) is 15.3. The summed E-state index contributed by atoms with van der Waals surface area (Å²) >= 11 is 0. The number of amides is 3. The molecule has 3 rings (SSSR count). The molecule has 0 saturated carbocycles. The lowest BCUT2D eigenvalue weighted by molar-refractivity contribution is 0.0929. The number of nitrogens with one attached hydrogen (secondary N) is 2. The van der Waals surface area contributed by atoms with E-state index < -0.39 is 17.8 Å². The molecule has 1 aromatic heterocycles. The molecule has 0 spiro atoms. The van der Waals surface area contributed by atoms with Crippen LogP contribution in [0.25, 0.3) is 5.69 Å². The second kappa shape index (κ2) is 8.30. The minimum Gasteiger partial charge on any atom is -0.320 e. The van der Waals surface area contributed by atoms with E-state index >= 15 is 0 Å². The van der Waals surface area contributed by atoms with Gasteiger partial charge in [-0.3, -0.25) is 10.2 Å². The monoisotopic (exact) mass is 382 g/mol. The van der Waals surface area contributed by atoms with Crippen LogP contribution in [0.1, 0.15) is 28.9 Å². The van der Waals surface area contributed by atoms with Crippen LogP contribution in [0.5, 0.6) is 0 Å². The van der Waals surface area contributed by atoms with Gasteiger partial charge in [-0.15, -0.1) is 0 Å². The molecule has 2 aromatic carbocycles. The fraction of sp³-hybridized carbons (Fsp3) is 0.158. The molecular formula is C19H19FN6O2. The highest BCUT2D eigenvalue weighted by molar-refractivity contribution is 5.95. The predicted octanol–water partition coefficient (Wildman–Crippen LogP) is 2.45. The number of carbonyl (C=O) groups is 2. The van der Waals surface area contributed by atoms with E-state index in [1.165, 1.54) is 35.5 Å². The first kappa shape index (κ1) is 19.0. The minimum absolute atomic E-state index is 0.237. The van der Waals surface area contributed by atoms with E-state index in [4.69, 9.17) is 0 Å². The molecule has 2 N–H and O–H groups in total. The van der Waals surface area contributed by atoms with Crippen molar-refractivity contribution in [3.63, 3.8) is 0 Å². The van der Waals surface area contributed by atoms with Crippen LogP contribution in [0.2, 0.25) is 0 Å². The van der Waals surface area contributed by atoms with E-state index in [1.54, 1.807) is 18.1 Å². The molecule has 1 atom stereocenters. The maximum Gasteiger partial charge on any atom is 0.336 e. The molecule has 9 heteroatoms. The minimum atomic E-state index is -0.536. The second-order valence-corrected chi connectivity index (χ2v) is 6.11. The van der Waals surface area contributed by atoms with Crippen molar-refractivity contribution >= 4 is 11.9 Å². The number of rotatable bonds is 4. The summed E-state index contributed by atoms with van der Waals surface area (Å²) in [6.07, 6.45) is 3.05. The highest BCUT2D eigenvalue weighted by Crippen LogP contribution is 2.20. The first-order valence-electron chi connectivity index (χ1n) is 8.49. The molecule has 0 aliphatic carbocycles. The Morgan fingerprint density at radius 3 is 2.36 bits per heavy atom. The third kappa shape index (κ3) is 4.32. The lowest BCUT2D eigenvalue weighted by atomic mass is 10.1. The topological polar surface area (TPSA) is 92.2 Å². The highest BCUT2D eigenvalue weighted by Gasteiger charge is 2.18. The Morgan fingerprint density at radius 1 is 1.07 bits per heavy atom. The number of aromatic nitrogens is 3. The Kier molecular flexibility index (Phi) is 5.64. The normalized spacial score (nSPS) is 11.5. The average Bonchev–Trinajstić information content (AvgIpc) is 3.26. The first-order chi connectivity index (χ1) is 13.5. The number of hydrogen-bond acceptors (Lipinski definition) is 4. The van der Waals surface area contributed by atoms with Gasteiger partial charge in [0.15, 0.2) is 0 Å². The van der Waals surface area contributed by atoms with Crippen LogP contribution < -0.4 is 10.9 Å². The molecular weight excluding hydrogens is 363 g/mol. The molecule has 0 saturated heterocycles. The number of halogens is 1. The molecule has 3 aromatic rings. The zero-order chi connectivity index (χ0) is 20.1. The Morgan fingerprint density at radius 2 is 1.75 bits per heavy atom. The van der Waals surface area contributed by atoms with E-state index in [0.29, 0.717) is 0 Å². The van der Waals surface area contributed by atoms with E-state index in [0.717, 1.165) is 11.3 Å². The summed E-state index contributed by atoms with van der Waals surface area (Å²) in [5.74, 6) is -0.976. The molecule has 8 nitrogen and oxygen atoms in total. The molecule has 0 fully saturated rings. The summed E-state index contributed by atoms with van der Waals surface area (Å²) in [4.78, 5) is 29.7. The largest absolute Gasteiger partial charge is 0.336 e. The Bertz CT molecular complexity index is 942. The van der Waals surface area contributed by atoms with Crippen LogP contribution in [-0.4, -0.2) is 38.7 Å². The van der Waals surface area contributed by atoms with E-state index in [1.807, 2.05) is 31.2 Å². The van der Waals surface area contributed by atoms with Crippen LogP contribution in [0.15, 0.2) is 61.2 Å². The van der Waals surface area contributed by atoms with Gasteiger partial charge in [-0.25, -0.2) is 24.3 Å². The van der Waals surface area contributed by atoms with Crippen molar-refractivity contribution in [1.82, 2.24) is 30.5 Å². The summed E-state index contributed by atoms with van der Waals surface area (Å²) in [5, 5.41) is 4.06. The van der Waals surface area contributed by atoms with Gasteiger partial charge in [0.25, 0.3) is 5.91 Å². The summed E-state index contributed by atoms with van der Waals surface area (Å²) in [5.41, 5.74) is 6.66. The van der Waals surface area contributed by atoms with Crippen molar-refractivity contribution < 1.29 is 14.0 Å². The van der Waals surface area contributed by atoms with Gasteiger partial charge in [-0.2, -0.15) is 5.10 Å². The zero-order valence-corrected chi connectivity index (χ0v) is 15.3. The lowest BCUT2D eigenvalue weighted by Gasteiger charge is -2.25. The lowest BCUT2D eigenvalue weighted by Crippen LogP contribution is -2.48. The van der Waals surface area contributed by atoms with Gasteiger partial charge in [0.05, 0.1) is 11.7 Å². The number of hydrogen-bond donors (Lipinski definition) is 2. The van der Waals surface area contributed by atoms with E-state index in [9.17, 15) is 14.0 Å². The maximum atomic E-state index is 12.9. The summed E-state index contributed by atoms with van der Waals surface area (Å²) in [6, 6.07) is 11.8. The fourth-order valence-corrected chi connectivity index (χ4v) is 2.52. The van der Waals surface area contributed by atoms with E-state index in [-0.39, 0.29) is 11.6 Å². The summed E-state index contributed by atoms with van der Waals surface area (Å²) < 4.78 is 14.5. The number of benzene rings is 2. The Hall–Kier alpha value is -3.75. The van der Waals surface area contributed by atoms with Crippen molar-refractivity contribution in [3.05, 3.63) is 78.1 Å². The standard InChI is InChI=1S/C19H19FN6O2/c1-13(14-5-9-17(10-6-14)26-12-21-11-22-26)25(2)19(28)24-23-18(27)15-3-7-16(20)8-4-15/h3-13H,1-2H3,(H,23,27)(H,24,28). The third-order valence-electron chi connectivity index (χ3n) is 4.35. The van der Waals surface area contributed by atoms with Gasteiger partial charge in [0, 0.05) is 12.6 Å². The van der Waals surface area contributed by atoms with Crippen molar-refractivity contribution in [3.8, 4) is 5.69 Å². The fourth-order valence-electron chi connectivity index (χ4n) is 2.52. The van der Waals surface area contributed by atoms with Crippen LogP contribution in [0.3, 0.4) is 0 Å². The molecule has 3 amide bonds. The molecule has 144 valence electrons. The average molecular weight is 382 g/mol.